The number of unbranched alkanes of at least 4 members (excludes halogenated alkanes) is 3. The quantitative estimate of drug-likeness (QED) is 0.528. The van der Waals surface area contributed by atoms with Crippen LogP contribution in [0.1, 0.15) is 43.7 Å². The monoisotopic (exact) mass is 341 g/mol. The third kappa shape index (κ3) is 7.08. The lowest BCUT2D eigenvalue weighted by atomic mass is 10.1. The minimum absolute atomic E-state index is 0.637. The fourth-order valence-electron chi connectivity index (χ4n) is 2.56. The van der Waals surface area contributed by atoms with Gasteiger partial charge in [0.15, 0.2) is 0 Å². The van der Waals surface area contributed by atoms with Gasteiger partial charge in [-0.3, -0.25) is 0 Å². The van der Waals surface area contributed by atoms with Crippen molar-refractivity contribution in [2.24, 2.45) is 0 Å². The highest BCUT2D eigenvalue weighted by atomic mass is 16.5. The predicted octanol–water partition coefficient (Wildman–Crippen LogP) is 5.75. The van der Waals surface area contributed by atoms with Crippen molar-refractivity contribution in [2.75, 3.05) is 25.1 Å². The predicted molar refractivity (Wildman–Crippen MR) is 106 cm³/mol. The van der Waals surface area contributed by atoms with Gasteiger partial charge in [0.05, 0.1) is 6.61 Å². The lowest BCUT2D eigenvalue weighted by molar-refractivity contribution is 0.305. The molecule has 2 aromatic rings. The van der Waals surface area contributed by atoms with Crippen molar-refractivity contribution in [3.8, 4) is 11.5 Å². The van der Waals surface area contributed by atoms with Gasteiger partial charge in [0.1, 0.15) is 18.1 Å². The van der Waals surface area contributed by atoms with Crippen molar-refractivity contribution in [3.63, 3.8) is 0 Å². The second-order valence-electron chi connectivity index (χ2n) is 6.45. The van der Waals surface area contributed by atoms with E-state index in [9.17, 15) is 0 Å². The first-order chi connectivity index (χ1) is 12.2. The Hall–Kier alpha value is -2.16. The highest BCUT2D eigenvalue weighted by molar-refractivity contribution is 5.46. The molecule has 0 heterocycles. The van der Waals surface area contributed by atoms with Crippen LogP contribution in [0.5, 0.6) is 11.5 Å². The number of rotatable bonds is 11. The highest BCUT2D eigenvalue weighted by Gasteiger charge is 1.99. The Labute approximate surface area is 152 Å². The number of anilines is 1. The van der Waals surface area contributed by atoms with Crippen molar-refractivity contribution < 1.29 is 9.47 Å². The molecule has 0 aliphatic heterocycles. The van der Waals surface area contributed by atoms with Crippen LogP contribution in [-0.2, 0) is 0 Å². The van der Waals surface area contributed by atoms with Gasteiger partial charge in [-0.1, -0.05) is 32.3 Å². The molecular weight excluding hydrogens is 310 g/mol. The maximum Gasteiger partial charge on any atom is 0.119 e. The molecule has 0 aromatic heterocycles. The Balaban J connectivity index is 1.64. The largest absolute Gasteiger partial charge is 0.494 e. The Morgan fingerprint density at radius 1 is 0.760 bits per heavy atom. The summed E-state index contributed by atoms with van der Waals surface area (Å²) in [7, 11) is 0. The topological polar surface area (TPSA) is 30.5 Å². The van der Waals surface area contributed by atoms with Gasteiger partial charge in [0, 0.05) is 12.2 Å². The Kier molecular flexibility index (Phi) is 8.17. The smallest absolute Gasteiger partial charge is 0.119 e. The van der Waals surface area contributed by atoms with E-state index in [2.05, 4.69) is 50.4 Å². The van der Waals surface area contributed by atoms with Crippen molar-refractivity contribution in [2.45, 2.75) is 46.5 Å². The molecule has 0 aliphatic carbocycles. The second-order valence-corrected chi connectivity index (χ2v) is 6.45. The van der Waals surface area contributed by atoms with E-state index in [4.69, 9.17) is 9.47 Å². The zero-order valence-corrected chi connectivity index (χ0v) is 15.8. The summed E-state index contributed by atoms with van der Waals surface area (Å²) in [6, 6.07) is 14.4. The second kappa shape index (κ2) is 10.7. The maximum atomic E-state index is 5.79. The summed E-state index contributed by atoms with van der Waals surface area (Å²) < 4.78 is 11.5. The maximum absolute atomic E-state index is 5.79. The van der Waals surface area contributed by atoms with Crippen LogP contribution in [-0.4, -0.2) is 19.8 Å². The molecule has 0 radical (unpaired) electrons. The number of ether oxygens (including phenoxy) is 2. The van der Waals surface area contributed by atoms with Gasteiger partial charge in [-0.25, -0.2) is 0 Å². The van der Waals surface area contributed by atoms with Crippen LogP contribution in [0.15, 0.2) is 42.5 Å². The molecule has 25 heavy (non-hydrogen) atoms. The first-order valence-electron chi connectivity index (χ1n) is 9.36. The summed E-state index contributed by atoms with van der Waals surface area (Å²) in [4.78, 5) is 0. The first kappa shape index (κ1) is 19.2. The molecule has 2 rings (SSSR count). The minimum Gasteiger partial charge on any atom is -0.494 e. The lowest BCUT2D eigenvalue weighted by Gasteiger charge is -2.11. The molecule has 0 spiro atoms. The average molecular weight is 341 g/mol. The van der Waals surface area contributed by atoms with E-state index in [-0.39, 0.29) is 0 Å². The van der Waals surface area contributed by atoms with Crippen molar-refractivity contribution in [1.82, 2.24) is 0 Å². The first-order valence-corrected chi connectivity index (χ1v) is 9.36. The summed E-state index contributed by atoms with van der Waals surface area (Å²) in [5, 5.41) is 3.37. The molecule has 0 aliphatic rings. The van der Waals surface area contributed by atoms with E-state index in [1.165, 1.54) is 30.4 Å². The van der Waals surface area contributed by atoms with Gasteiger partial charge < -0.3 is 14.8 Å². The van der Waals surface area contributed by atoms with E-state index in [0.29, 0.717) is 6.61 Å². The van der Waals surface area contributed by atoms with Gasteiger partial charge in [0.25, 0.3) is 0 Å². The molecule has 3 nitrogen and oxygen atoms in total. The van der Waals surface area contributed by atoms with Crippen LogP contribution in [0, 0.1) is 13.8 Å². The van der Waals surface area contributed by atoms with Crippen LogP contribution < -0.4 is 14.8 Å². The van der Waals surface area contributed by atoms with Crippen LogP contribution in [0.4, 0.5) is 5.69 Å². The molecule has 0 saturated heterocycles. The summed E-state index contributed by atoms with van der Waals surface area (Å²) in [6.07, 6.45) is 4.92. The summed E-state index contributed by atoms with van der Waals surface area (Å²) >= 11 is 0. The SMILES string of the molecule is CCCCCCOc1ccc(NCCOc2ccc(C)c(C)c2)cc1. The minimum atomic E-state index is 0.637. The standard InChI is InChI=1S/C22H31NO2/c1-4-5-6-7-15-24-21-12-9-20(10-13-21)23-14-16-25-22-11-8-18(2)19(3)17-22/h8-13,17,23H,4-7,14-16H2,1-3H3. The molecule has 0 fully saturated rings. The fraction of sp³-hybridized carbons (Fsp3) is 0.455. The van der Waals surface area contributed by atoms with E-state index in [1.54, 1.807) is 0 Å². The van der Waals surface area contributed by atoms with E-state index in [0.717, 1.165) is 36.8 Å². The molecule has 3 heteroatoms. The average Bonchev–Trinajstić information content (AvgIpc) is 2.62. The number of aryl methyl sites for hydroxylation is 2. The van der Waals surface area contributed by atoms with Crippen LogP contribution in [0.2, 0.25) is 0 Å². The zero-order chi connectivity index (χ0) is 17.9. The molecule has 0 saturated carbocycles. The van der Waals surface area contributed by atoms with Gasteiger partial charge >= 0.3 is 0 Å². The molecular formula is C22H31NO2. The normalized spacial score (nSPS) is 10.5. The molecule has 1 N–H and O–H groups in total. The zero-order valence-electron chi connectivity index (χ0n) is 15.8. The fourth-order valence-corrected chi connectivity index (χ4v) is 2.56. The Morgan fingerprint density at radius 2 is 1.48 bits per heavy atom. The third-order valence-electron chi connectivity index (χ3n) is 4.30. The molecule has 0 atom stereocenters. The van der Waals surface area contributed by atoms with Crippen LogP contribution >= 0.6 is 0 Å². The van der Waals surface area contributed by atoms with Gasteiger partial charge in [0.2, 0.25) is 0 Å². The van der Waals surface area contributed by atoms with Crippen molar-refractivity contribution in [3.05, 3.63) is 53.6 Å². The van der Waals surface area contributed by atoms with Crippen LogP contribution in [0.3, 0.4) is 0 Å². The lowest BCUT2D eigenvalue weighted by Crippen LogP contribution is -2.11. The van der Waals surface area contributed by atoms with E-state index in [1.807, 2.05) is 18.2 Å². The molecule has 0 bridgehead atoms. The summed E-state index contributed by atoms with van der Waals surface area (Å²) in [6.45, 7) is 8.64. The molecule has 2 aromatic carbocycles. The van der Waals surface area contributed by atoms with E-state index >= 15 is 0 Å². The van der Waals surface area contributed by atoms with Crippen molar-refractivity contribution in [1.29, 1.82) is 0 Å². The summed E-state index contributed by atoms with van der Waals surface area (Å²) in [5.41, 5.74) is 3.64. The molecule has 0 amide bonds. The number of hydrogen-bond donors (Lipinski definition) is 1. The van der Waals surface area contributed by atoms with Crippen molar-refractivity contribution >= 4 is 5.69 Å². The molecule has 136 valence electrons. The molecule has 0 unspecified atom stereocenters. The van der Waals surface area contributed by atoms with E-state index < -0.39 is 0 Å². The number of nitrogens with one attached hydrogen (secondary N) is 1. The Bertz CT molecular complexity index is 622. The highest BCUT2D eigenvalue weighted by Crippen LogP contribution is 2.17. The number of benzene rings is 2. The van der Waals surface area contributed by atoms with Gasteiger partial charge in [-0.05, 0) is 67.8 Å². The van der Waals surface area contributed by atoms with Gasteiger partial charge in [-0.2, -0.15) is 0 Å². The summed E-state index contributed by atoms with van der Waals surface area (Å²) in [5.74, 6) is 1.87. The number of hydrogen-bond acceptors (Lipinski definition) is 3. The van der Waals surface area contributed by atoms with Gasteiger partial charge in [-0.15, -0.1) is 0 Å². The third-order valence-corrected chi connectivity index (χ3v) is 4.30. The Morgan fingerprint density at radius 3 is 2.20 bits per heavy atom. The van der Waals surface area contributed by atoms with Crippen LogP contribution in [0.25, 0.3) is 0 Å².